The van der Waals surface area contributed by atoms with Crippen LogP contribution < -0.4 is 15.5 Å². The molecule has 0 atom stereocenters. The van der Waals surface area contributed by atoms with Crippen molar-refractivity contribution in [3.05, 3.63) is 54.1 Å². The van der Waals surface area contributed by atoms with Crippen molar-refractivity contribution in [3.63, 3.8) is 0 Å². The summed E-state index contributed by atoms with van der Waals surface area (Å²) in [6.45, 7) is 4.57. The number of piperazine rings is 1. The van der Waals surface area contributed by atoms with Gasteiger partial charge in [-0.1, -0.05) is 0 Å². The van der Waals surface area contributed by atoms with Crippen molar-refractivity contribution in [2.75, 3.05) is 55.3 Å². The second-order valence-corrected chi connectivity index (χ2v) is 6.69. The summed E-state index contributed by atoms with van der Waals surface area (Å²) in [4.78, 5) is 16.6. The smallest absolute Gasteiger partial charge is 0.226 e. The average molecular weight is 374 g/mol. The van der Waals surface area contributed by atoms with Crippen LogP contribution in [-0.2, 0) is 4.79 Å². The Bertz CT molecular complexity index is 774. The van der Waals surface area contributed by atoms with E-state index in [2.05, 4.69) is 39.6 Å². The standard InChI is InChI=1S/C20H24F2N4O/c1-25-10-12-26(13-11-25)17-5-3-16(4-6-17)23-9-8-20(27)24-19-7-2-15(21)14-18(19)22/h2-7,14,23H,8-13H2,1H3,(H,24,27). The third kappa shape index (κ3) is 5.40. The van der Waals surface area contributed by atoms with Gasteiger partial charge in [0.15, 0.2) is 0 Å². The van der Waals surface area contributed by atoms with Gasteiger partial charge in [0.2, 0.25) is 5.91 Å². The number of rotatable bonds is 6. The predicted octanol–water partition coefficient (Wildman–Crippen LogP) is 3.16. The molecule has 144 valence electrons. The first-order valence-electron chi connectivity index (χ1n) is 9.03. The van der Waals surface area contributed by atoms with E-state index in [4.69, 9.17) is 0 Å². The number of nitrogens with one attached hydrogen (secondary N) is 2. The molecule has 1 heterocycles. The molecule has 2 aromatic carbocycles. The summed E-state index contributed by atoms with van der Waals surface area (Å²) in [5.41, 5.74) is 2.10. The van der Waals surface area contributed by atoms with Gasteiger partial charge in [0.05, 0.1) is 5.69 Å². The second kappa shape index (κ2) is 8.81. The fourth-order valence-corrected chi connectivity index (χ4v) is 2.98. The van der Waals surface area contributed by atoms with Crippen molar-refractivity contribution in [2.24, 2.45) is 0 Å². The molecule has 5 nitrogen and oxygen atoms in total. The Balaban J connectivity index is 1.44. The third-order valence-corrected chi connectivity index (χ3v) is 4.62. The number of carbonyl (C=O) groups excluding carboxylic acids is 1. The maximum Gasteiger partial charge on any atom is 0.226 e. The summed E-state index contributed by atoms with van der Waals surface area (Å²) in [6.07, 6.45) is 0.178. The molecule has 1 saturated heterocycles. The van der Waals surface area contributed by atoms with Gasteiger partial charge < -0.3 is 20.4 Å². The van der Waals surface area contributed by atoms with Crippen LogP contribution in [0.4, 0.5) is 25.8 Å². The molecule has 2 N–H and O–H groups in total. The van der Waals surface area contributed by atoms with Crippen LogP contribution in [0.3, 0.4) is 0 Å². The van der Waals surface area contributed by atoms with Gasteiger partial charge in [-0.15, -0.1) is 0 Å². The van der Waals surface area contributed by atoms with Gasteiger partial charge in [-0.25, -0.2) is 8.78 Å². The van der Waals surface area contributed by atoms with Crippen LogP contribution in [-0.4, -0.2) is 50.6 Å². The van der Waals surface area contributed by atoms with E-state index in [1.54, 1.807) is 0 Å². The molecule has 27 heavy (non-hydrogen) atoms. The lowest BCUT2D eigenvalue weighted by molar-refractivity contribution is -0.116. The fraction of sp³-hybridized carbons (Fsp3) is 0.350. The second-order valence-electron chi connectivity index (χ2n) is 6.69. The van der Waals surface area contributed by atoms with Crippen LogP contribution in [0.15, 0.2) is 42.5 Å². The van der Waals surface area contributed by atoms with Crippen molar-refractivity contribution >= 4 is 23.0 Å². The number of hydrogen-bond acceptors (Lipinski definition) is 4. The van der Waals surface area contributed by atoms with Gasteiger partial charge in [0.1, 0.15) is 11.6 Å². The Hall–Kier alpha value is -2.67. The van der Waals surface area contributed by atoms with Gasteiger partial charge in [0, 0.05) is 56.6 Å². The zero-order valence-electron chi connectivity index (χ0n) is 15.3. The first-order chi connectivity index (χ1) is 13.0. The van der Waals surface area contributed by atoms with Crippen molar-refractivity contribution in [1.82, 2.24) is 4.90 Å². The Labute approximate surface area is 158 Å². The zero-order valence-corrected chi connectivity index (χ0v) is 15.3. The summed E-state index contributed by atoms with van der Waals surface area (Å²) >= 11 is 0. The molecule has 0 bridgehead atoms. The number of amides is 1. The molecule has 1 aliphatic rings. The molecule has 2 aromatic rings. The SMILES string of the molecule is CN1CCN(c2ccc(NCCC(=O)Nc3ccc(F)cc3F)cc2)CC1. The lowest BCUT2D eigenvalue weighted by Crippen LogP contribution is -2.44. The number of nitrogens with zero attached hydrogens (tertiary/aromatic N) is 2. The van der Waals surface area contributed by atoms with E-state index in [9.17, 15) is 13.6 Å². The molecule has 0 aliphatic carbocycles. The van der Waals surface area contributed by atoms with Crippen LogP contribution in [0.1, 0.15) is 6.42 Å². The quantitative estimate of drug-likeness (QED) is 0.816. The minimum Gasteiger partial charge on any atom is -0.385 e. The Morgan fingerprint density at radius 2 is 1.74 bits per heavy atom. The van der Waals surface area contributed by atoms with Crippen molar-refractivity contribution in [3.8, 4) is 0 Å². The molecular weight excluding hydrogens is 350 g/mol. The molecule has 1 aliphatic heterocycles. The van der Waals surface area contributed by atoms with Gasteiger partial charge in [-0.3, -0.25) is 4.79 Å². The number of halogens is 2. The van der Waals surface area contributed by atoms with E-state index in [1.807, 2.05) is 12.1 Å². The monoisotopic (exact) mass is 374 g/mol. The summed E-state index contributed by atoms with van der Waals surface area (Å²) in [5, 5.41) is 5.63. The minimum absolute atomic E-state index is 0.0158. The maximum atomic E-state index is 13.5. The number of likely N-dealkylation sites (N-methyl/N-ethyl adjacent to an activating group) is 1. The van der Waals surface area contributed by atoms with E-state index >= 15 is 0 Å². The minimum atomic E-state index is -0.782. The third-order valence-electron chi connectivity index (χ3n) is 4.62. The lowest BCUT2D eigenvalue weighted by Gasteiger charge is -2.34. The van der Waals surface area contributed by atoms with E-state index in [1.165, 1.54) is 11.8 Å². The number of hydrogen-bond donors (Lipinski definition) is 2. The molecule has 0 aromatic heterocycles. The molecule has 3 rings (SSSR count). The van der Waals surface area contributed by atoms with Crippen LogP contribution in [0, 0.1) is 11.6 Å². The molecular formula is C20H24F2N4O. The maximum absolute atomic E-state index is 13.5. The first-order valence-corrected chi connectivity index (χ1v) is 9.03. The summed E-state index contributed by atoms with van der Waals surface area (Å²) in [6, 6.07) is 11.2. The number of carbonyl (C=O) groups is 1. The summed E-state index contributed by atoms with van der Waals surface area (Å²) < 4.78 is 26.4. The molecule has 0 spiro atoms. The van der Waals surface area contributed by atoms with Gasteiger partial charge >= 0.3 is 0 Å². The average Bonchev–Trinajstić information content (AvgIpc) is 2.65. The van der Waals surface area contributed by atoms with Crippen molar-refractivity contribution in [1.29, 1.82) is 0 Å². The highest BCUT2D eigenvalue weighted by Gasteiger charge is 2.14. The summed E-state index contributed by atoms with van der Waals surface area (Å²) in [5.74, 6) is -1.79. The topological polar surface area (TPSA) is 47.6 Å². The van der Waals surface area contributed by atoms with Gasteiger partial charge in [-0.05, 0) is 43.4 Å². The Morgan fingerprint density at radius 3 is 2.41 bits per heavy atom. The highest BCUT2D eigenvalue weighted by atomic mass is 19.1. The van der Waals surface area contributed by atoms with E-state index in [0.29, 0.717) is 6.54 Å². The summed E-state index contributed by atoms with van der Waals surface area (Å²) in [7, 11) is 2.13. The molecule has 1 amide bonds. The van der Waals surface area contributed by atoms with E-state index in [-0.39, 0.29) is 18.0 Å². The number of anilines is 3. The molecule has 1 fully saturated rings. The Kier molecular flexibility index (Phi) is 6.24. The molecule has 0 unspecified atom stereocenters. The highest BCUT2D eigenvalue weighted by Crippen LogP contribution is 2.19. The number of benzene rings is 2. The van der Waals surface area contributed by atoms with Crippen molar-refractivity contribution < 1.29 is 13.6 Å². The molecule has 0 saturated carbocycles. The van der Waals surface area contributed by atoms with Crippen LogP contribution >= 0.6 is 0 Å². The van der Waals surface area contributed by atoms with E-state index in [0.717, 1.165) is 44.0 Å². The van der Waals surface area contributed by atoms with Crippen LogP contribution in [0.2, 0.25) is 0 Å². The van der Waals surface area contributed by atoms with Crippen molar-refractivity contribution in [2.45, 2.75) is 6.42 Å². The van der Waals surface area contributed by atoms with Gasteiger partial charge in [0.25, 0.3) is 0 Å². The lowest BCUT2D eigenvalue weighted by atomic mass is 10.2. The fourth-order valence-electron chi connectivity index (χ4n) is 2.98. The van der Waals surface area contributed by atoms with E-state index < -0.39 is 11.6 Å². The zero-order chi connectivity index (χ0) is 19.2. The Morgan fingerprint density at radius 1 is 1.04 bits per heavy atom. The predicted molar refractivity (Wildman–Crippen MR) is 104 cm³/mol. The molecule has 0 radical (unpaired) electrons. The van der Waals surface area contributed by atoms with Crippen LogP contribution in [0.25, 0.3) is 0 Å². The van der Waals surface area contributed by atoms with Gasteiger partial charge in [-0.2, -0.15) is 0 Å². The highest BCUT2D eigenvalue weighted by molar-refractivity contribution is 5.91. The molecule has 7 heteroatoms. The normalized spacial score (nSPS) is 14.9. The van der Waals surface area contributed by atoms with Crippen LogP contribution in [0.5, 0.6) is 0 Å². The first kappa shape index (κ1) is 19.1. The largest absolute Gasteiger partial charge is 0.385 e.